The molecule has 0 nitrogen and oxygen atoms in total. The monoisotopic (exact) mass is 205 g/mol. The van der Waals surface area contributed by atoms with E-state index in [-0.39, 0.29) is 0 Å². The average molecular weight is 205 g/mol. The molecule has 0 unspecified atom stereocenters. The zero-order chi connectivity index (χ0) is 10.9. The fourth-order valence-corrected chi connectivity index (χ4v) is 3.38. The van der Waals surface area contributed by atoms with Crippen LogP contribution in [-0.4, -0.2) is 8.80 Å². The maximum atomic E-state index is 2.42. The van der Waals surface area contributed by atoms with Crippen LogP contribution in [0.2, 0.25) is 11.6 Å². The van der Waals surface area contributed by atoms with Crippen LogP contribution in [0.15, 0.2) is 18.2 Å². The molecule has 1 rings (SSSR count). The number of rotatable bonds is 1. The zero-order valence-electron chi connectivity index (χ0n) is 10.2. The highest BCUT2D eigenvalue weighted by Crippen LogP contribution is 2.26. The Kier molecular flexibility index (Phi) is 3.20. The molecule has 0 atom stereocenters. The van der Waals surface area contributed by atoms with Crippen molar-refractivity contribution >= 4 is 14.0 Å². The summed E-state index contributed by atoms with van der Waals surface area (Å²) in [5, 5.41) is 2.02. The summed E-state index contributed by atoms with van der Waals surface area (Å²) in [6.45, 7) is 13.8. The van der Waals surface area contributed by atoms with E-state index in [9.17, 15) is 0 Å². The predicted molar refractivity (Wildman–Crippen MR) is 66.9 cm³/mol. The standard InChI is InChI=1S/C13H21Si/c1-10-7-11(2)9-12(8-10)14(6)13(3,4)5/h7-9H,1-6H3. The lowest BCUT2D eigenvalue weighted by Gasteiger charge is -2.26. The third-order valence-corrected chi connectivity index (χ3v) is 6.18. The van der Waals surface area contributed by atoms with E-state index in [2.05, 4.69) is 59.4 Å². The Hall–Kier alpha value is -0.563. The zero-order valence-corrected chi connectivity index (χ0v) is 11.2. The van der Waals surface area contributed by atoms with Crippen LogP contribution in [0, 0.1) is 13.8 Å². The minimum absolute atomic E-state index is 0.427. The van der Waals surface area contributed by atoms with Crippen LogP contribution in [-0.2, 0) is 0 Å². The van der Waals surface area contributed by atoms with Gasteiger partial charge in [0.25, 0.3) is 0 Å². The van der Waals surface area contributed by atoms with Crippen molar-refractivity contribution in [2.75, 3.05) is 0 Å². The molecular formula is C13H21Si. The lowest BCUT2D eigenvalue weighted by molar-refractivity contribution is 0.746. The van der Waals surface area contributed by atoms with Gasteiger partial charge in [-0.05, 0) is 18.9 Å². The van der Waals surface area contributed by atoms with Crippen molar-refractivity contribution in [2.24, 2.45) is 0 Å². The summed E-state index contributed by atoms with van der Waals surface area (Å²) >= 11 is 0. The highest BCUT2D eigenvalue weighted by atomic mass is 28.3. The van der Waals surface area contributed by atoms with Crippen LogP contribution in [0.25, 0.3) is 0 Å². The second kappa shape index (κ2) is 3.89. The predicted octanol–water partition coefficient (Wildman–Crippen LogP) is 3.44. The van der Waals surface area contributed by atoms with Crippen LogP contribution < -0.4 is 5.19 Å². The Bertz CT molecular complexity index is 300. The summed E-state index contributed by atoms with van der Waals surface area (Å²) in [6.07, 6.45) is 0. The lowest BCUT2D eigenvalue weighted by atomic mass is 10.2. The summed E-state index contributed by atoms with van der Waals surface area (Å²) in [6, 6.07) is 6.96. The summed E-state index contributed by atoms with van der Waals surface area (Å²) in [5.41, 5.74) is 2.79. The summed E-state index contributed by atoms with van der Waals surface area (Å²) in [7, 11) is -0.427. The number of hydrogen-bond donors (Lipinski definition) is 0. The van der Waals surface area contributed by atoms with E-state index in [1.807, 2.05) is 0 Å². The maximum Gasteiger partial charge on any atom is 0.0880 e. The van der Waals surface area contributed by atoms with Gasteiger partial charge in [0, 0.05) is 0 Å². The molecule has 0 aliphatic rings. The topological polar surface area (TPSA) is 0 Å². The van der Waals surface area contributed by atoms with E-state index < -0.39 is 8.80 Å². The largest absolute Gasteiger partial charge is 0.0880 e. The lowest BCUT2D eigenvalue weighted by Crippen LogP contribution is -2.35. The van der Waals surface area contributed by atoms with Gasteiger partial charge in [0.15, 0.2) is 0 Å². The Labute approximate surface area is 90.0 Å². The molecule has 0 saturated carbocycles. The average Bonchev–Trinajstić information content (AvgIpc) is 1.99. The number of aryl methyl sites for hydroxylation is 2. The Morgan fingerprint density at radius 1 is 0.929 bits per heavy atom. The molecule has 0 bridgehead atoms. The Morgan fingerprint density at radius 2 is 1.36 bits per heavy atom. The van der Waals surface area contributed by atoms with Crippen molar-refractivity contribution in [1.29, 1.82) is 0 Å². The van der Waals surface area contributed by atoms with Crippen LogP contribution in [0.3, 0.4) is 0 Å². The van der Waals surface area contributed by atoms with Crippen molar-refractivity contribution in [2.45, 2.75) is 46.2 Å². The van der Waals surface area contributed by atoms with Gasteiger partial charge < -0.3 is 0 Å². The maximum absolute atomic E-state index is 2.42. The van der Waals surface area contributed by atoms with E-state index in [4.69, 9.17) is 0 Å². The van der Waals surface area contributed by atoms with Gasteiger partial charge in [-0.1, -0.05) is 61.8 Å². The van der Waals surface area contributed by atoms with E-state index >= 15 is 0 Å². The van der Waals surface area contributed by atoms with Crippen molar-refractivity contribution in [3.8, 4) is 0 Å². The van der Waals surface area contributed by atoms with E-state index in [0.717, 1.165) is 0 Å². The fraction of sp³-hybridized carbons (Fsp3) is 0.538. The van der Waals surface area contributed by atoms with Gasteiger partial charge in [0.2, 0.25) is 0 Å². The normalized spacial score (nSPS) is 12.2. The molecule has 1 aromatic rings. The first-order chi connectivity index (χ1) is 6.30. The molecule has 0 spiro atoms. The SMILES string of the molecule is Cc1cc(C)cc([Si](C)C(C)(C)C)c1. The molecule has 1 aromatic carbocycles. The van der Waals surface area contributed by atoms with Crippen LogP contribution in [0.5, 0.6) is 0 Å². The van der Waals surface area contributed by atoms with Crippen LogP contribution in [0.4, 0.5) is 0 Å². The summed E-state index contributed by atoms with van der Waals surface area (Å²) in [4.78, 5) is 0. The van der Waals surface area contributed by atoms with Gasteiger partial charge in [-0.15, -0.1) is 0 Å². The van der Waals surface area contributed by atoms with Gasteiger partial charge in [-0.25, -0.2) is 0 Å². The first-order valence-corrected chi connectivity index (χ1v) is 7.23. The second-order valence-electron chi connectivity index (χ2n) is 5.25. The van der Waals surface area contributed by atoms with Gasteiger partial charge >= 0.3 is 0 Å². The van der Waals surface area contributed by atoms with Crippen molar-refractivity contribution < 1.29 is 0 Å². The Morgan fingerprint density at radius 3 is 1.71 bits per heavy atom. The van der Waals surface area contributed by atoms with E-state index in [0.29, 0.717) is 5.04 Å². The third kappa shape index (κ3) is 2.71. The molecular weight excluding hydrogens is 184 g/mol. The molecule has 0 aliphatic carbocycles. The van der Waals surface area contributed by atoms with Gasteiger partial charge in [0.05, 0.1) is 8.80 Å². The molecule has 0 N–H and O–H groups in total. The second-order valence-corrected chi connectivity index (χ2v) is 8.58. The molecule has 0 aromatic heterocycles. The molecule has 0 heterocycles. The minimum atomic E-state index is -0.427. The summed E-state index contributed by atoms with van der Waals surface area (Å²) in [5.74, 6) is 0. The van der Waals surface area contributed by atoms with Crippen LogP contribution in [0.1, 0.15) is 31.9 Å². The van der Waals surface area contributed by atoms with Gasteiger partial charge in [0.1, 0.15) is 0 Å². The molecule has 1 radical (unpaired) electrons. The first kappa shape index (κ1) is 11.5. The molecule has 0 aliphatic heterocycles. The van der Waals surface area contributed by atoms with Gasteiger partial charge in [-0.2, -0.15) is 0 Å². The molecule has 77 valence electrons. The smallest absolute Gasteiger partial charge is 0.0665 e. The van der Waals surface area contributed by atoms with Crippen molar-refractivity contribution in [3.05, 3.63) is 29.3 Å². The highest BCUT2D eigenvalue weighted by molar-refractivity contribution is 6.74. The Balaban J connectivity index is 3.07. The van der Waals surface area contributed by atoms with Crippen molar-refractivity contribution in [1.82, 2.24) is 0 Å². The van der Waals surface area contributed by atoms with Gasteiger partial charge in [-0.3, -0.25) is 0 Å². The minimum Gasteiger partial charge on any atom is -0.0665 e. The molecule has 0 amide bonds. The fourth-order valence-electron chi connectivity index (χ4n) is 1.62. The number of benzene rings is 1. The number of hydrogen-bond acceptors (Lipinski definition) is 0. The highest BCUT2D eigenvalue weighted by Gasteiger charge is 2.23. The molecule has 1 heteroatoms. The quantitative estimate of drug-likeness (QED) is 0.616. The first-order valence-electron chi connectivity index (χ1n) is 5.23. The molecule has 0 saturated heterocycles. The summed E-state index contributed by atoms with van der Waals surface area (Å²) < 4.78 is 0. The molecule has 14 heavy (non-hydrogen) atoms. The van der Waals surface area contributed by atoms with E-state index in [1.54, 1.807) is 5.19 Å². The molecule has 0 fully saturated rings. The van der Waals surface area contributed by atoms with Crippen molar-refractivity contribution in [3.63, 3.8) is 0 Å². The van der Waals surface area contributed by atoms with E-state index in [1.165, 1.54) is 11.1 Å². The third-order valence-electron chi connectivity index (χ3n) is 2.78. The van der Waals surface area contributed by atoms with Crippen LogP contribution >= 0.6 is 0 Å².